The topological polar surface area (TPSA) is 108 Å². The van der Waals surface area contributed by atoms with Gasteiger partial charge in [0.2, 0.25) is 11.9 Å². The first kappa shape index (κ1) is 11.6. The highest BCUT2D eigenvalue weighted by Gasteiger charge is 2.35. The number of hydrogen-bond donors (Lipinski definition) is 3. The van der Waals surface area contributed by atoms with E-state index in [4.69, 9.17) is 5.11 Å². The number of carbonyl (C=O) groups is 2. The average Bonchev–Trinajstić information content (AvgIpc) is 2.81. The van der Waals surface area contributed by atoms with Crippen molar-refractivity contribution in [2.75, 3.05) is 5.32 Å². The molecule has 1 fully saturated rings. The first-order valence-corrected chi connectivity index (χ1v) is 5.57. The van der Waals surface area contributed by atoms with Gasteiger partial charge in [0.25, 0.3) is 0 Å². The van der Waals surface area contributed by atoms with E-state index in [9.17, 15) is 9.59 Å². The van der Waals surface area contributed by atoms with Crippen molar-refractivity contribution in [1.82, 2.24) is 15.2 Å². The van der Waals surface area contributed by atoms with Crippen molar-refractivity contribution < 1.29 is 14.7 Å². The molecule has 0 saturated heterocycles. The molecule has 0 aliphatic heterocycles. The number of rotatable bonds is 3. The second-order valence-corrected chi connectivity index (χ2v) is 4.16. The van der Waals surface area contributed by atoms with E-state index >= 15 is 0 Å². The number of hydrogen-bond acceptors (Lipinski definition) is 4. The summed E-state index contributed by atoms with van der Waals surface area (Å²) in [5.41, 5.74) is 0. The number of nitrogens with zero attached hydrogens (tertiary/aromatic N) is 2. The third-order valence-corrected chi connectivity index (χ3v) is 3.08. The average molecular weight is 238 g/mol. The van der Waals surface area contributed by atoms with Crippen LogP contribution in [0.25, 0.3) is 0 Å². The zero-order valence-corrected chi connectivity index (χ0v) is 9.22. The summed E-state index contributed by atoms with van der Waals surface area (Å²) in [4.78, 5) is 26.7. The molecule has 2 atom stereocenters. The summed E-state index contributed by atoms with van der Waals surface area (Å²) in [7, 11) is 0. The summed E-state index contributed by atoms with van der Waals surface area (Å²) in [5.74, 6) is -2.01. The molecule has 1 heterocycles. The quantitative estimate of drug-likeness (QED) is 0.715. The molecule has 1 aliphatic rings. The molecule has 0 bridgehead atoms. The maximum atomic E-state index is 11.9. The largest absolute Gasteiger partial charge is 0.481 e. The molecule has 7 nitrogen and oxygen atoms in total. The predicted molar refractivity (Wildman–Crippen MR) is 58.1 cm³/mol. The van der Waals surface area contributed by atoms with Gasteiger partial charge in [-0.05, 0) is 12.8 Å². The summed E-state index contributed by atoms with van der Waals surface area (Å²) < 4.78 is 0. The molecule has 0 spiro atoms. The smallest absolute Gasteiger partial charge is 0.307 e. The van der Waals surface area contributed by atoms with Crippen LogP contribution in [-0.2, 0) is 9.59 Å². The van der Waals surface area contributed by atoms with Crippen LogP contribution in [0.2, 0.25) is 0 Å². The Labute approximate surface area is 97.6 Å². The molecule has 17 heavy (non-hydrogen) atoms. The Hall–Kier alpha value is -1.92. The Kier molecular flexibility index (Phi) is 3.36. The number of H-pyrrole nitrogens is 1. The fourth-order valence-electron chi connectivity index (χ4n) is 2.22. The number of nitrogens with one attached hydrogen (secondary N) is 2. The molecular formula is C10H14N4O3. The standard InChI is InChI=1S/C10H14N4O3/c15-8(13-10-11-5-12-14-10)6-3-1-2-4-7(6)9(16)17/h5-7H,1-4H2,(H,16,17)(H2,11,12,13,14,15)/t6-,7+/m1/s1. The van der Waals surface area contributed by atoms with Gasteiger partial charge in [0.1, 0.15) is 6.33 Å². The molecule has 1 saturated carbocycles. The van der Waals surface area contributed by atoms with Crippen molar-refractivity contribution in [3.63, 3.8) is 0 Å². The van der Waals surface area contributed by atoms with E-state index < -0.39 is 17.8 Å². The molecule has 0 unspecified atom stereocenters. The van der Waals surface area contributed by atoms with Crippen LogP contribution in [-0.4, -0.2) is 32.2 Å². The fourth-order valence-corrected chi connectivity index (χ4v) is 2.22. The van der Waals surface area contributed by atoms with Gasteiger partial charge >= 0.3 is 5.97 Å². The maximum Gasteiger partial charge on any atom is 0.307 e. The summed E-state index contributed by atoms with van der Waals surface area (Å²) in [6, 6.07) is 0. The van der Waals surface area contributed by atoms with Crippen LogP contribution in [0.15, 0.2) is 6.33 Å². The molecular weight excluding hydrogens is 224 g/mol. The first-order chi connectivity index (χ1) is 8.18. The number of carboxylic acids is 1. The lowest BCUT2D eigenvalue weighted by atomic mass is 9.79. The van der Waals surface area contributed by atoms with Crippen LogP contribution in [0.4, 0.5) is 5.95 Å². The van der Waals surface area contributed by atoms with Gasteiger partial charge in [0.05, 0.1) is 11.8 Å². The van der Waals surface area contributed by atoms with Crippen molar-refractivity contribution in [2.45, 2.75) is 25.7 Å². The van der Waals surface area contributed by atoms with Gasteiger partial charge < -0.3 is 5.11 Å². The summed E-state index contributed by atoms with van der Waals surface area (Å²) >= 11 is 0. The molecule has 1 aromatic rings. The van der Waals surface area contributed by atoms with Crippen LogP contribution in [0.5, 0.6) is 0 Å². The van der Waals surface area contributed by atoms with Gasteiger partial charge in [-0.25, -0.2) is 5.10 Å². The Morgan fingerprint density at radius 3 is 2.65 bits per heavy atom. The van der Waals surface area contributed by atoms with Crippen LogP contribution >= 0.6 is 0 Å². The summed E-state index contributed by atoms with van der Waals surface area (Å²) in [5, 5.41) is 17.7. The minimum atomic E-state index is -0.901. The minimum Gasteiger partial charge on any atom is -0.481 e. The lowest BCUT2D eigenvalue weighted by molar-refractivity contribution is -0.147. The highest BCUT2D eigenvalue weighted by molar-refractivity contribution is 5.93. The molecule has 1 aromatic heterocycles. The number of carboxylic acid groups (broad SMARTS) is 1. The van der Waals surface area contributed by atoms with Gasteiger partial charge in [-0.1, -0.05) is 12.8 Å². The number of aromatic amines is 1. The molecule has 3 N–H and O–H groups in total. The fraction of sp³-hybridized carbons (Fsp3) is 0.600. The molecule has 2 rings (SSSR count). The van der Waals surface area contributed by atoms with E-state index in [1.807, 2.05) is 0 Å². The van der Waals surface area contributed by atoms with Gasteiger partial charge in [-0.15, -0.1) is 0 Å². The lowest BCUT2D eigenvalue weighted by Crippen LogP contribution is -2.36. The van der Waals surface area contributed by atoms with Crippen LogP contribution < -0.4 is 5.32 Å². The predicted octanol–water partition coefficient (Wildman–Crippen LogP) is 0.634. The van der Waals surface area contributed by atoms with E-state index in [-0.39, 0.29) is 11.9 Å². The molecule has 0 radical (unpaired) electrons. The van der Waals surface area contributed by atoms with Gasteiger partial charge in [0.15, 0.2) is 0 Å². The van der Waals surface area contributed by atoms with Crippen molar-refractivity contribution in [3.8, 4) is 0 Å². The van der Waals surface area contributed by atoms with Gasteiger partial charge in [-0.2, -0.15) is 10.1 Å². The number of anilines is 1. The zero-order chi connectivity index (χ0) is 12.3. The Bertz CT molecular complexity index is 404. The van der Waals surface area contributed by atoms with Gasteiger partial charge in [-0.3, -0.25) is 14.9 Å². The Morgan fingerprint density at radius 2 is 2.06 bits per heavy atom. The molecule has 92 valence electrons. The number of aromatic nitrogens is 3. The number of aliphatic carboxylic acids is 1. The second-order valence-electron chi connectivity index (χ2n) is 4.16. The number of amides is 1. The normalized spacial score (nSPS) is 24.2. The van der Waals surface area contributed by atoms with Crippen LogP contribution in [0.1, 0.15) is 25.7 Å². The highest BCUT2D eigenvalue weighted by Crippen LogP contribution is 2.30. The summed E-state index contributed by atoms with van der Waals surface area (Å²) in [6.45, 7) is 0. The van der Waals surface area contributed by atoms with Crippen LogP contribution in [0, 0.1) is 11.8 Å². The van der Waals surface area contributed by atoms with Crippen molar-refractivity contribution in [3.05, 3.63) is 6.33 Å². The lowest BCUT2D eigenvalue weighted by Gasteiger charge is -2.26. The second kappa shape index (κ2) is 4.94. The molecule has 0 aromatic carbocycles. The Balaban J connectivity index is 2.03. The van der Waals surface area contributed by atoms with Crippen molar-refractivity contribution in [1.29, 1.82) is 0 Å². The van der Waals surface area contributed by atoms with E-state index in [1.165, 1.54) is 6.33 Å². The maximum absolute atomic E-state index is 11.9. The molecule has 1 amide bonds. The van der Waals surface area contributed by atoms with E-state index in [0.29, 0.717) is 12.8 Å². The Morgan fingerprint density at radius 1 is 1.35 bits per heavy atom. The van der Waals surface area contributed by atoms with E-state index in [1.54, 1.807) is 0 Å². The summed E-state index contributed by atoms with van der Waals surface area (Å²) in [6.07, 6.45) is 4.20. The SMILES string of the molecule is O=C(O)[C@H]1CCCC[C@H]1C(=O)Nc1ncn[nH]1. The van der Waals surface area contributed by atoms with Gasteiger partial charge in [0, 0.05) is 0 Å². The molecule has 7 heteroatoms. The van der Waals surface area contributed by atoms with E-state index in [0.717, 1.165) is 12.8 Å². The first-order valence-electron chi connectivity index (χ1n) is 5.57. The number of carbonyl (C=O) groups excluding carboxylic acids is 1. The monoisotopic (exact) mass is 238 g/mol. The molecule has 1 aliphatic carbocycles. The van der Waals surface area contributed by atoms with Crippen LogP contribution in [0.3, 0.4) is 0 Å². The third kappa shape index (κ3) is 2.61. The zero-order valence-electron chi connectivity index (χ0n) is 9.22. The minimum absolute atomic E-state index is 0.254. The van der Waals surface area contributed by atoms with E-state index in [2.05, 4.69) is 20.5 Å². The van der Waals surface area contributed by atoms with Crippen molar-refractivity contribution >= 4 is 17.8 Å². The highest BCUT2D eigenvalue weighted by atomic mass is 16.4. The van der Waals surface area contributed by atoms with Crippen molar-refractivity contribution in [2.24, 2.45) is 11.8 Å². The third-order valence-electron chi connectivity index (χ3n) is 3.08.